The Morgan fingerprint density at radius 1 is 1.60 bits per heavy atom. The fourth-order valence-electron chi connectivity index (χ4n) is 2.30. The minimum absolute atomic E-state index is 0.0268. The van der Waals surface area contributed by atoms with Gasteiger partial charge in [-0.2, -0.15) is 11.8 Å². The zero-order chi connectivity index (χ0) is 14.8. The van der Waals surface area contributed by atoms with Crippen molar-refractivity contribution in [3.05, 3.63) is 16.1 Å². The van der Waals surface area contributed by atoms with Crippen molar-refractivity contribution in [2.75, 3.05) is 18.8 Å². The highest BCUT2D eigenvalue weighted by atomic mass is 32.2. The molecule has 1 saturated heterocycles. The maximum absolute atomic E-state index is 12.4. The van der Waals surface area contributed by atoms with E-state index in [9.17, 15) is 4.79 Å². The number of amides is 2. The van der Waals surface area contributed by atoms with Gasteiger partial charge in [0.1, 0.15) is 5.01 Å². The second kappa shape index (κ2) is 6.35. The first-order valence-corrected chi connectivity index (χ1v) is 8.83. The molecule has 6 heteroatoms. The first-order chi connectivity index (χ1) is 9.41. The number of rotatable bonds is 3. The van der Waals surface area contributed by atoms with Crippen LogP contribution < -0.4 is 5.32 Å². The number of nitrogens with one attached hydrogen (secondary N) is 1. The summed E-state index contributed by atoms with van der Waals surface area (Å²) in [6.45, 7) is 10.1. The number of hydrogen-bond acceptors (Lipinski definition) is 4. The van der Waals surface area contributed by atoms with Crippen LogP contribution >= 0.6 is 23.1 Å². The number of aryl methyl sites for hydroxylation is 1. The van der Waals surface area contributed by atoms with E-state index >= 15 is 0 Å². The van der Waals surface area contributed by atoms with Crippen LogP contribution in [0.1, 0.15) is 43.1 Å². The Morgan fingerprint density at radius 2 is 2.35 bits per heavy atom. The van der Waals surface area contributed by atoms with Crippen LogP contribution in [0.3, 0.4) is 0 Å². The largest absolute Gasteiger partial charge is 0.329 e. The van der Waals surface area contributed by atoms with E-state index in [-0.39, 0.29) is 16.8 Å². The lowest BCUT2D eigenvalue weighted by Gasteiger charge is -2.38. The summed E-state index contributed by atoms with van der Waals surface area (Å²) in [5.74, 6) is 1.01. The first kappa shape index (κ1) is 15.6. The van der Waals surface area contributed by atoms with Crippen molar-refractivity contribution in [1.29, 1.82) is 0 Å². The molecule has 4 nitrogen and oxygen atoms in total. The summed E-state index contributed by atoms with van der Waals surface area (Å²) in [5.41, 5.74) is 0. The van der Waals surface area contributed by atoms with Crippen LogP contribution in [0.15, 0.2) is 6.20 Å². The van der Waals surface area contributed by atoms with Crippen LogP contribution in [0.2, 0.25) is 0 Å². The highest BCUT2D eigenvalue weighted by Crippen LogP contribution is 2.30. The van der Waals surface area contributed by atoms with Crippen molar-refractivity contribution >= 4 is 29.1 Å². The van der Waals surface area contributed by atoms with E-state index < -0.39 is 0 Å². The van der Waals surface area contributed by atoms with Crippen molar-refractivity contribution in [3.63, 3.8) is 0 Å². The summed E-state index contributed by atoms with van der Waals surface area (Å²) in [6, 6.07) is 0.0666. The molecule has 0 spiro atoms. The van der Waals surface area contributed by atoms with Crippen molar-refractivity contribution < 1.29 is 4.79 Å². The van der Waals surface area contributed by atoms with Gasteiger partial charge < -0.3 is 10.2 Å². The molecule has 1 aromatic heterocycles. The van der Waals surface area contributed by atoms with Gasteiger partial charge in [-0.1, -0.05) is 6.92 Å². The average molecular weight is 313 g/mol. The molecule has 1 aliphatic heterocycles. The minimum Gasteiger partial charge on any atom is -0.329 e. The number of thiazole rings is 1. The molecule has 112 valence electrons. The highest BCUT2D eigenvalue weighted by molar-refractivity contribution is 8.00. The number of carbonyl (C=O) groups excluding carboxylic acids is 1. The summed E-state index contributed by atoms with van der Waals surface area (Å²) in [4.78, 5) is 19.9. The second-order valence-corrected chi connectivity index (χ2v) is 8.82. The molecule has 0 aliphatic carbocycles. The van der Waals surface area contributed by atoms with Crippen LogP contribution in [0.5, 0.6) is 0 Å². The number of nitrogens with zero attached hydrogens (tertiary/aromatic N) is 2. The smallest absolute Gasteiger partial charge is 0.318 e. The van der Waals surface area contributed by atoms with Gasteiger partial charge in [0, 0.05) is 34.7 Å². The number of urea groups is 1. The first-order valence-electron chi connectivity index (χ1n) is 7.03. The molecule has 0 radical (unpaired) electrons. The molecular weight excluding hydrogens is 290 g/mol. The van der Waals surface area contributed by atoms with Gasteiger partial charge in [-0.15, -0.1) is 11.3 Å². The Kier molecular flexibility index (Phi) is 4.96. The molecule has 1 fully saturated rings. The minimum atomic E-state index is 0.0268. The normalized spacial score (nSPS) is 19.7. The molecule has 1 atom stereocenters. The molecule has 0 saturated carbocycles. The van der Waals surface area contributed by atoms with Gasteiger partial charge in [0.25, 0.3) is 0 Å². The molecular formula is C14H23N3OS2. The Balaban J connectivity index is 1.99. The highest BCUT2D eigenvalue weighted by Gasteiger charge is 2.30. The predicted octanol–water partition coefficient (Wildman–Crippen LogP) is 3.44. The lowest BCUT2D eigenvalue weighted by molar-refractivity contribution is 0.190. The molecule has 20 heavy (non-hydrogen) atoms. The van der Waals surface area contributed by atoms with Crippen LogP contribution in [-0.2, 0) is 0 Å². The Bertz CT molecular complexity index is 473. The molecule has 0 aromatic carbocycles. The Morgan fingerprint density at radius 3 is 2.90 bits per heavy atom. The van der Waals surface area contributed by atoms with Gasteiger partial charge in [0.2, 0.25) is 0 Å². The lowest BCUT2D eigenvalue weighted by atomic mass is 10.2. The summed E-state index contributed by atoms with van der Waals surface area (Å²) >= 11 is 3.59. The third kappa shape index (κ3) is 3.88. The fraction of sp³-hybridized carbons (Fsp3) is 0.714. The molecule has 2 heterocycles. The summed E-state index contributed by atoms with van der Waals surface area (Å²) in [7, 11) is 0. The van der Waals surface area contributed by atoms with Crippen LogP contribution in [0, 0.1) is 6.92 Å². The Hall–Kier alpha value is -0.750. The third-order valence-electron chi connectivity index (χ3n) is 3.36. The van der Waals surface area contributed by atoms with Gasteiger partial charge in [-0.05, 0) is 27.2 Å². The molecule has 0 bridgehead atoms. The summed E-state index contributed by atoms with van der Waals surface area (Å²) in [5, 5.41) is 4.13. The summed E-state index contributed by atoms with van der Waals surface area (Å²) < 4.78 is 0.148. The standard InChI is InChI=1S/C14H23N3OS2/c1-5-11(12-15-8-10(2)20-12)16-13(18)17-6-7-19-14(3,4)9-17/h8,11H,5-7,9H2,1-4H3,(H,16,18). The van der Waals surface area contributed by atoms with E-state index in [1.807, 2.05) is 29.8 Å². The van der Waals surface area contributed by atoms with E-state index in [1.54, 1.807) is 11.3 Å². The average Bonchev–Trinajstić information content (AvgIpc) is 2.81. The SMILES string of the molecule is CCC(NC(=O)N1CCSC(C)(C)C1)c1ncc(C)s1. The molecule has 1 unspecified atom stereocenters. The van der Waals surface area contributed by atoms with Gasteiger partial charge in [0.05, 0.1) is 6.04 Å². The topological polar surface area (TPSA) is 45.2 Å². The van der Waals surface area contributed by atoms with Crippen molar-refractivity contribution in [3.8, 4) is 0 Å². The molecule has 1 aromatic rings. The van der Waals surface area contributed by atoms with Gasteiger partial charge in [-0.3, -0.25) is 0 Å². The van der Waals surface area contributed by atoms with E-state index in [2.05, 4.69) is 31.1 Å². The van der Waals surface area contributed by atoms with Crippen molar-refractivity contribution in [2.24, 2.45) is 0 Å². The van der Waals surface area contributed by atoms with Gasteiger partial charge in [0.15, 0.2) is 0 Å². The summed E-state index contributed by atoms with van der Waals surface area (Å²) in [6.07, 6.45) is 2.74. The van der Waals surface area contributed by atoms with E-state index in [4.69, 9.17) is 0 Å². The van der Waals surface area contributed by atoms with Crippen LogP contribution in [-0.4, -0.2) is 39.5 Å². The molecule has 1 N–H and O–H groups in total. The molecule has 1 aliphatic rings. The maximum Gasteiger partial charge on any atom is 0.318 e. The zero-order valence-electron chi connectivity index (χ0n) is 12.6. The monoisotopic (exact) mass is 313 g/mol. The zero-order valence-corrected chi connectivity index (χ0v) is 14.2. The number of hydrogen-bond donors (Lipinski definition) is 1. The van der Waals surface area contributed by atoms with E-state index in [0.717, 1.165) is 30.3 Å². The van der Waals surface area contributed by atoms with Crippen LogP contribution in [0.25, 0.3) is 0 Å². The fourth-order valence-corrected chi connectivity index (χ4v) is 4.32. The van der Waals surface area contributed by atoms with E-state index in [1.165, 1.54) is 4.88 Å². The predicted molar refractivity (Wildman–Crippen MR) is 86.5 cm³/mol. The third-order valence-corrected chi connectivity index (χ3v) is 5.68. The molecule has 2 rings (SSSR count). The van der Waals surface area contributed by atoms with Crippen molar-refractivity contribution in [2.45, 2.75) is 44.9 Å². The van der Waals surface area contributed by atoms with Gasteiger partial charge >= 0.3 is 6.03 Å². The quantitative estimate of drug-likeness (QED) is 0.930. The lowest BCUT2D eigenvalue weighted by Crippen LogP contribution is -2.50. The second-order valence-electron chi connectivity index (χ2n) is 5.75. The van der Waals surface area contributed by atoms with E-state index in [0.29, 0.717) is 0 Å². The van der Waals surface area contributed by atoms with Crippen molar-refractivity contribution in [1.82, 2.24) is 15.2 Å². The number of thioether (sulfide) groups is 1. The maximum atomic E-state index is 12.4. The number of aromatic nitrogens is 1. The van der Waals surface area contributed by atoms with Gasteiger partial charge in [-0.25, -0.2) is 9.78 Å². The van der Waals surface area contributed by atoms with Crippen LogP contribution in [0.4, 0.5) is 4.79 Å². The number of carbonyl (C=O) groups is 1. The Labute approximate surface area is 129 Å². The molecule has 2 amide bonds.